The molecule has 1 atom stereocenters. The van der Waals surface area contributed by atoms with E-state index in [-0.39, 0.29) is 15.9 Å². The van der Waals surface area contributed by atoms with Gasteiger partial charge in [-0.15, -0.1) is 11.8 Å². The summed E-state index contributed by atoms with van der Waals surface area (Å²) in [4.78, 5) is 17.0. The molecule has 1 unspecified atom stereocenters. The van der Waals surface area contributed by atoms with E-state index >= 15 is 0 Å². The highest BCUT2D eigenvalue weighted by Gasteiger charge is 2.24. The molecule has 4 aromatic rings. The standard InChI is InChI=1S/C31H24ClN5O2S/c1-20-17-31(36(35-20)28-11-4-2-9-25(28)32)33-23-15-13-21(14-16-23)27-19-30(22-7-6-8-24(18-22)37(38)39)40-29-12-5-3-10-26(29)34-27/h2-16,18-19,30,34H,17H2,1H3. The van der Waals surface area contributed by atoms with Crippen molar-refractivity contribution in [2.75, 3.05) is 10.3 Å². The van der Waals surface area contributed by atoms with Gasteiger partial charge in [-0.05, 0) is 60.5 Å². The summed E-state index contributed by atoms with van der Waals surface area (Å²) in [6.07, 6.45) is 2.76. The maximum atomic E-state index is 11.4. The van der Waals surface area contributed by atoms with Crippen LogP contribution in [0.3, 0.4) is 0 Å². The predicted octanol–water partition coefficient (Wildman–Crippen LogP) is 8.86. The number of benzene rings is 4. The van der Waals surface area contributed by atoms with Crippen LogP contribution >= 0.6 is 23.4 Å². The molecule has 0 saturated carbocycles. The first kappa shape index (κ1) is 25.9. The minimum absolute atomic E-state index is 0.0824. The van der Waals surface area contributed by atoms with E-state index in [9.17, 15) is 10.1 Å². The number of anilines is 2. The first-order valence-electron chi connectivity index (χ1n) is 12.7. The molecule has 9 heteroatoms. The number of rotatable bonds is 5. The van der Waals surface area contributed by atoms with Crippen LogP contribution in [0, 0.1) is 10.1 Å². The Kier molecular flexibility index (Phi) is 7.11. The number of nitro benzene ring substituents is 1. The summed E-state index contributed by atoms with van der Waals surface area (Å²) in [6, 6.07) is 30.6. The fraction of sp³-hybridized carbons (Fsp3) is 0.0968. The van der Waals surface area contributed by atoms with Crippen LogP contribution in [0.4, 0.5) is 22.7 Å². The van der Waals surface area contributed by atoms with Gasteiger partial charge in [0.2, 0.25) is 0 Å². The van der Waals surface area contributed by atoms with Crippen molar-refractivity contribution in [3.8, 4) is 0 Å². The third kappa shape index (κ3) is 5.36. The second kappa shape index (κ2) is 11.0. The molecule has 198 valence electrons. The zero-order valence-corrected chi connectivity index (χ0v) is 23.1. The van der Waals surface area contributed by atoms with E-state index in [2.05, 4.69) is 22.6 Å². The first-order valence-corrected chi connectivity index (χ1v) is 14.0. The molecular formula is C31H24ClN5O2S. The number of hydrogen-bond donors (Lipinski definition) is 1. The van der Waals surface area contributed by atoms with Gasteiger partial charge >= 0.3 is 0 Å². The number of nitrogens with one attached hydrogen (secondary N) is 1. The molecule has 7 nitrogen and oxygen atoms in total. The molecule has 1 N–H and O–H groups in total. The molecule has 0 radical (unpaired) electrons. The second-order valence-corrected chi connectivity index (χ2v) is 11.0. The van der Waals surface area contributed by atoms with Gasteiger partial charge in [0.05, 0.1) is 32.3 Å². The highest BCUT2D eigenvalue weighted by atomic mass is 35.5. The third-order valence-corrected chi connectivity index (χ3v) is 8.18. The average molecular weight is 566 g/mol. The SMILES string of the molecule is CC1=NN(c2ccccc2Cl)C(=Nc2ccc(C3=CC(c4cccc([N+](=O)[O-])c4)Sc4ccccc4N3)cc2)C1. The first-order chi connectivity index (χ1) is 19.4. The van der Waals surface area contributed by atoms with E-state index in [1.807, 2.05) is 79.7 Å². The Hall–Kier alpha value is -4.40. The van der Waals surface area contributed by atoms with Crippen molar-refractivity contribution >= 4 is 63.4 Å². The minimum atomic E-state index is -0.355. The van der Waals surface area contributed by atoms with E-state index in [0.717, 1.165) is 50.3 Å². The molecule has 2 aliphatic rings. The molecule has 0 spiro atoms. The number of para-hydroxylation sites is 2. The van der Waals surface area contributed by atoms with Crippen LogP contribution < -0.4 is 10.3 Å². The van der Waals surface area contributed by atoms with E-state index in [4.69, 9.17) is 16.6 Å². The Morgan fingerprint density at radius 2 is 1.80 bits per heavy atom. The lowest BCUT2D eigenvalue weighted by Crippen LogP contribution is -2.20. The molecule has 4 aromatic carbocycles. The van der Waals surface area contributed by atoms with Gasteiger partial charge in [-0.1, -0.05) is 60.1 Å². The van der Waals surface area contributed by atoms with Crippen molar-refractivity contribution in [2.45, 2.75) is 23.5 Å². The van der Waals surface area contributed by atoms with Crippen molar-refractivity contribution in [3.63, 3.8) is 0 Å². The summed E-state index contributed by atoms with van der Waals surface area (Å²) in [6.45, 7) is 1.98. The monoisotopic (exact) mass is 565 g/mol. The molecule has 2 aliphatic heterocycles. The predicted molar refractivity (Wildman–Crippen MR) is 165 cm³/mol. The molecule has 0 saturated heterocycles. The fourth-order valence-electron chi connectivity index (χ4n) is 4.66. The normalized spacial score (nSPS) is 17.5. The Bertz CT molecular complexity index is 1700. The summed E-state index contributed by atoms with van der Waals surface area (Å²) < 4.78 is 0. The van der Waals surface area contributed by atoms with Crippen LogP contribution in [0.5, 0.6) is 0 Å². The van der Waals surface area contributed by atoms with E-state index in [0.29, 0.717) is 11.4 Å². The maximum absolute atomic E-state index is 11.4. The van der Waals surface area contributed by atoms with Gasteiger partial charge < -0.3 is 5.32 Å². The number of fused-ring (bicyclic) bond motifs is 1. The van der Waals surface area contributed by atoms with E-state index in [1.165, 1.54) is 6.07 Å². The van der Waals surface area contributed by atoms with Crippen molar-refractivity contribution in [1.82, 2.24) is 0 Å². The van der Waals surface area contributed by atoms with Crippen LogP contribution in [0.15, 0.2) is 118 Å². The molecule has 0 amide bonds. The molecular weight excluding hydrogens is 542 g/mol. The maximum Gasteiger partial charge on any atom is 0.269 e. The average Bonchev–Trinajstić information content (AvgIpc) is 3.20. The number of non-ortho nitro benzene ring substituents is 1. The third-order valence-electron chi connectivity index (χ3n) is 6.58. The molecule has 0 aliphatic carbocycles. The molecule has 0 bridgehead atoms. The van der Waals surface area contributed by atoms with Crippen LogP contribution in [-0.4, -0.2) is 16.5 Å². The van der Waals surface area contributed by atoms with Gasteiger partial charge in [-0.2, -0.15) is 5.10 Å². The lowest BCUT2D eigenvalue weighted by atomic mass is 10.1. The number of amidine groups is 1. The highest BCUT2D eigenvalue weighted by Crippen LogP contribution is 2.45. The van der Waals surface area contributed by atoms with Gasteiger partial charge in [-0.25, -0.2) is 10.0 Å². The number of aliphatic imine (C=N–C) groups is 1. The van der Waals surface area contributed by atoms with Gasteiger partial charge in [-0.3, -0.25) is 10.1 Å². The van der Waals surface area contributed by atoms with Crippen LogP contribution in [0.1, 0.15) is 29.7 Å². The lowest BCUT2D eigenvalue weighted by molar-refractivity contribution is -0.384. The van der Waals surface area contributed by atoms with Crippen molar-refractivity contribution in [1.29, 1.82) is 0 Å². The zero-order valence-electron chi connectivity index (χ0n) is 21.5. The van der Waals surface area contributed by atoms with Crippen molar-refractivity contribution in [2.24, 2.45) is 10.1 Å². The van der Waals surface area contributed by atoms with Gasteiger partial charge in [0.1, 0.15) is 5.84 Å². The number of nitro groups is 1. The smallest absolute Gasteiger partial charge is 0.269 e. The number of hydrogen-bond acceptors (Lipinski definition) is 6. The Balaban J connectivity index is 1.33. The van der Waals surface area contributed by atoms with E-state index in [1.54, 1.807) is 28.9 Å². The van der Waals surface area contributed by atoms with Gasteiger partial charge in [0.15, 0.2) is 0 Å². The second-order valence-electron chi connectivity index (χ2n) is 9.44. The number of hydrazone groups is 1. The molecule has 0 fully saturated rings. The number of thioether (sulfide) groups is 1. The summed E-state index contributed by atoms with van der Waals surface area (Å²) in [7, 11) is 0. The quantitative estimate of drug-likeness (QED) is 0.193. The molecule has 6 rings (SSSR count). The number of nitrogens with zero attached hydrogens (tertiary/aromatic N) is 4. The number of halogens is 1. The fourth-order valence-corrected chi connectivity index (χ4v) is 6.04. The molecule has 2 heterocycles. The Morgan fingerprint density at radius 1 is 1.02 bits per heavy atom. The topological polar surface area (TPSA) is 83.1 Å². The summed E-state index contributed by atoms with van der Waals surface area (Å²) in [5, 5.41) is 21.9. The molecule has 0 aromatic heterocycles. The molecule has 40 heavy (non-hydrogen) atoms. The minimum Gasteiger partial charge on any atom is -0.354 e. The van der Waals surface area contributed by atoms with Crippen LogP contribution in [0.2, 0.25) is 5.02 Å². The van der Waals surface area contributed by atoms with Crippen LogP contribution in [0.25, 0.3) is 5.70 Å². The Labute approximate surface area is 241 Å². The van der Waals surface area contributed by atoms with Gasteiger partial charge in [0, 0.05) is 34.9 Å². The Morgan fingerprint density at radius 3 is 2.60 bits per heavy atom. The summed E-state index contributed by atoms with van der Waals surface area (Å²) in [5.74, 6) is 0.807. The summed E-state index contributed by atoms with van der Waals surface area (Å²) in [5.41, 5.74) is 6.42. The summed E-state index contributed by atoms with van der Waals surface area (Å²) >= 11 is 8.10. The zero-order chi connectivity index (χ0) is 27.6. The van der Waals surface area contributed by atoms with Crippen molar-refractivity contribution in [3.05, 3.63) is 129 Å². The van der Waals surface area contributed by atoms with Crippen LogP contribution in [-0.2, 0) is 0 Å². The lowest BCUT2D eigenvalue weighted by Gasteiger charge is -2.17. The largest absolute Gasteiger partial charge is 0.354 e. The van der Waals surface area contributed by atoms with Gasteiger partial charge in [0.25, 0.3) is 5.69 Å². The van der Waals surface area contributed by atoms with E-state index < -0.39 is 0 Å². The van der Waals surface area contributed by atoms with Crippen molar-refractivity contribution < 1.29 is 4.92 Å². The highest BCUT2D eigenvalue weighted by molar-refractivity contribution is 7.99.